The highest BCUT2D eigenvalue weighted by atomic mass is 19.4. The molecule has 2 aliphatic rings. The second-order valence-corrected chi connectivity index (χ2v) is 9.43. The Kier molecular flexibility index (Phi) is 7.59. The number of hydrogen-bond acceptors (Lipinski definition) is 7. The van der Waals surface area contributed by atoms with E-state index in [1.54, 1.807) is 0 Å². The predicted octanol–water partition coefficient (Wildman–Crippen LogP) is 3.98. The normalized spacial score (nSPS) is 16.3. The van der Waals surface area contributed by atoms with Crippen LogP contribution in [-0.2, 0) is 17.8 Å². The minimum Gasteiger partial charge on any atom is -0.369 e. The topological polar surface area (TPSA) is 78.8 Å². The number of fused-ring (bicyclic) bond motifs is 1. The summed E-state index contributed by atoms with van der Waals surface area (Å²) in [5.74, 6) is -1.97. The van der Waals surface area contributed by atoms with E-state index >= 15 is 4.39 Å². The molecule has 40 heavy (non-hydrogen) atoms. The van der Waals surface area contributed by atoms with Gasteiger partial charge in [0.25, 0.3) is 11.9 Å². The number of halogens is 6. The molecule has 0 radical (unpaired) electrons. The molecule has 9 nitrogen and oxygen atoms in total. The molecule has 5 rings (SSSR count). The largest absolute Gasteiger partial charge is 0.406 e. The molecule has 0 bridgehead atoms. The first kappa shape index (κ1) is 27.7. The number of rotatable bonds is 7. The quantitative estimate of drug-likeness (QED) is 0.341. The maximum Gasteiger partial charge on any atom is 0.406 e. The summed E-state index contributed by atoms with van der Waals surface area (Å²) in [4.78, 5) is 29.2. The zero-order valence-electron chi connectivity index (χ0n) is 21.3. The van der Waals surface area contributed by atoms with Gasteiger partial charge in [0.15, 0.2) is 0 Å². The van der Waals surface area contributed by atoms with Gasteiger partial charge in [-0.1, -0.05) is 0 Å². The van der Waals surface area contributed by atoms with E-state index in [1.165, 1.54) is 24.3 Å². The highest BCUT2D eigenvalue weighted by Gasteiger charge is 2.34. The van der Waals surface area contributed by atoms with Crippen LogP contribution in [0.25, 0.3) is 11.4 Å². The predicted molar refractivity (Wildman–Crippen MR) is 133 cm³/mol. The summed E-state index contributed by atoms with van der Waals surface area (Å²) >= 11 is 0. The number of likely N-dealkylation sites (N-methyl/N-ethyl adjacent to an activating group) is 1. The van der Waals surface area contributed by atoms with Crippen molar-refractivity contribution in [2.45, 2.75) is 25.8 Å². The Morgan fingerprint density at radius 3 is 2.58 bits per heavy atom. The van der Waals surface area contributed by atoms with Crippen molar-refractivity contribution in [2.24, 2.45) is 0 Å². The van der Waals surface area contributed by atoms with Crippen LogP contribution in [0.3, 0.4) is 0 Å². The van der Waals surface area contributed by atoms with Crippen molar-refractivity contribution in [1.29, 1.82) is 0 Å². The molecule has 214 valence electrons. The van der Waals surface area contributed by atoms with Gasteiger partial charge in [-0.05, 0) is 37.4 Å². The molecule has 0 saturated carbocycles. The zero-order valence-corrected chi connectivity index (χ0v) is 21.3. The first-order valence-electron chi connectivity index (χ1n) is 12.4. The van der Waals surface area contributed by atoms with Gasteiger partial charge in [0.1, 0.15) is 18.0 Å². The smallest absolute Gasteiger partial charge is 0.369 e. The van der Waals surface area contributed by atoms with E-state index < -0.39 is 42.7 Å². The van der Waals surface area contributed by atoms with E-state index in [1.807, 2.05) is 11.9 Å². The summed E-state index contributed by atoms with van der Waals surface area (Å²) in [5, 5.41) is 3.00. The van der Waals surface area contributed by atoms with Crippen LogP contribution in [-0.4, -0.2) is 77.9 Å². The van der Waals surface area contributed by atoms with Gasteiger partial charge in [0.2, 0.25) is 0 Å². The van der Waals surface area contributed by atoms with Crippen molar-refractivity contribution in [2.75, 3.05) is 49.7 Å². The van der Waals surface area contributed by atoms with Gasteiger partial charge in [-0.25, -0.2) is 14.4 Å². The fourth-order valence-electron chi connectivity index (χ4n) is 4.82. The van der Waals surface area contributed by atoms with E-state index in [0.717, 1.165) is 29.9 Å². The fraction of sp³-hybridized carbons (Fsp3) is 0.400. The lowest BCUT2D eigenvalue weighted by Crippen LogP contribution is -2.44. The van der Waals surface area contributed by atoms with Crippen molar-refractivity contribution >= 4 is 23.2 Å². The average molecular weight is 570 g/mol. The zero-order chi connectivity index (χ0) is 28.6. The van der Waals surface area contributed by atoms with Gasteiger partial charge in [-0.2, -0.15) is 31.9 Å². The Bertz CT molecular complexity index is 1390. The second-order valence-electron chi connectivity index (χ2n) is 9.43. The number of benzene rings is 1. The number of anilines is 3. The van der Waals surface area contributed by atoms with Crippen LogP contribution in [0.15, 0.2) is 36.5 Å². The Morgan fingerprint density at radius 1 is 1.12 bits per heavy atom. The molecule has 1 fully saturated rings. The number of nitrogens with one attached hydrogen (secondary N) is 1. The molecule has 4 heterocycles. The summed E-state index contributed by atoms with van der Waals surface area (Å²) < 4.78 is 83.5. The monoisotopic (exact) mass is 569 g/mol. The van der Waals surface area contributed by atoms with Crippen molar-refractivity contribution in [3.05, 3.63) is 53.6 Å². The molecule has 0 unspecified atom stereocenters. The number of carbonyl (C=O) groups is 1. The molecule has 15 heteroatoms. The minimum atomic E-state index is -4.62. The lowest BCUT2D eigenvalue weighted by molar-refractivity contribution is -0.140. The van der Waals surface area contributed by atoms with Crippen LogP contribution in [0.4, 0.5) is 43.7 Å². The number of carbonyl (C=O) groups excluding carboxylic acids is 1. The number of alkyl halides is 5. The van der Waals surface area contributed by atoms with E-state index in [0.29, 0.717) is 23.8 Å². The van der Waals surface area contributed by atoms with Gasteiger partial charge >= 0.3 is 12.8 Å². The van der Waals surface area contributed by atoms with E-state index in [-0.39, 0.29) is 35.6 Å². The summed E-state index contributed by atoms with van der Waals surface area (Å²) in [6.45, 7) is -1.91. The highest BCUT2D eigenvalue weighted by Crippen LogP contribution is 2.34. The minimum absolute atomic E-state index is 0.0530. The molecule has 1 amide bonds. The third-order valence-corrected chi connectivity index (χ3v) is 6.73. The van der Waals surface area contributed by atoms with Crippen LogP contribution in [0.2, 0.25) is 0 Å². The molecule has 2 aliphatic heterocycles. The Morgan fingerprint density at radius 2 is 1.88 bits per heavy atom. The number of amides is 1. The molecule has 0 atom stereocenters. The van der Waals surface area contributed by atoms with E-state index in [4.69, 9.17) is 0 Å². The highest BCUT2D eigenvalue weighted by molar-refractivity contribution is 5.98. The number of hydrogen-bond donors (Lipinski definition) is 1. The third kappa shape index (κ3) is 5.84. The summed E-state index contributed by atoms with van der Waals surface area (Å²) in [6, 6.07) is 6.48. The molecule has 3 aromatic rings. The lowest BCUT2D eigenvalue weighted by atomic mass is 10.1. The van der Waals surface area contributed by atoms with E-state index in [9.17, 15) is 26.7 Å². The third-order valence-electron chi connectivity index (χ3n) is 6.73. The van der Waals surface area contributed by atoms with Crippen molar-refractivity contribution in [3.8, 4) is 11.4 Å². The summed E-state index contributed by atoms with van der Waals surface area (Å²) in [6.07, 6.45) is -3.34. The number of aromatic nitrogens is 3. The standard InChI is InChI=1S/C25H25F6N7O2/c1-35-8-10-36(11-9-35)15-2-3-17(26)20(12-15)38(40-23(27)28)24-33-6-4-18(34-24)21-13-16-19(5-7-32-22(16)39)37(21)14-25(29,30)31/h2-4,6,12-13,23H,5,7-11,14H2,1H3,(H,32,39). The van der Waals surface area contributed by atoms with Gasteiger partial charge in [0.05, 0.1) is 17.0 Å². The first-order chi connectivity index (χ1) is 19.0. The van der Waals surface area contributed by atoms with Crippen LogP contribution >= 0.6 is 0 Å². The fourth-order valence-corrected chi connectivity index (χ4v) is 4.82. The molecular formula is C25H25F6N7O2. The Hall–Kier alpha value is -3.85. The van der Waals surface area contributed by atoms with Crippen molar-refractivity contribution < 1.29 is 36.0 Å². The van der Waals surface area contributed by atoms with Crippen LogP contribution < -0.4 is 15.3 Å². The molecular weight excluding hydrogens is 544 g/mol. The van der Waals surface area contributed by atoms with Gasteiger partial charge in [0, 0.05) is 56.7 Å². The van der Waals surface area contributed by atoms with Gasteiger partial charge in [-0.15, -0.1) is 0 Å². The molecule has 1 saturated heterocycles. The van der Waals surface area contributed by atoms with Crippen molar-refractivity contribution in [1.82, 2.24) is 24.8 Å². The van der Waals surface area contributed by atoms with Crippen LogP contribution in [0.1, 0.15) is 16.1 Å². The van der Waals surface area contributed by atoms with E-state index in [2.05, 4.69) is 25.0 Å². The molecule has 0 spiro atoms. The lowest BCUT2D eigenvalue weighted by Gasteiger charge is -2.34. The Balaban J connectivity index is 1.57. The maximum atomic E-state index is 15.0. The summed E-state index contributed by atoms with van der Waals surface area (Å²) in [7, 11) is 1.96. The molecule has 1 N–H and O–H groups in total. The van der Waals surface area contributed by atoms with Crippen molar-refractivity contribution in [3.63, 3.8) is 0 Å². The maximum absolute atomic E-state index is 15.0. The van der Waals surface area contributed by atoms with Gasteiger partial charge < -0.3 is 19.7 Å². The molecule has 2 aromatic heterocycles. The second kappa shape index (κ2) is 11.0. The van der Waals surface area contributed by atoms with Crippen LogP contribution in [0.5, 0.6) is 0 Å². The first-order valence-corrected chi connectivity index (χ1v) is 12.4. The van der Waals surface area contributed by atoms with Crippen LogP contribution in [0, 0.1) is 5.82 Å². The SMILES string of the molecule is CN1CCN(c2ccc(F)c(N(OC(F)F)c3nccc(-c4cc5c(n4CC(F)(F)F)CCNC5=O)n3)c2)CC1. The number of piperazine rings is 1. The van der Waals surface area contributed by atoms with Gasteiger partial charge in [-0.3, -0.25) is 4.79 Å². The number of nitrogens with zero attached hydrogens (tertiary/aromatic N) is 6. The molecule has 1 aromatic carbocycles. The summed E-state index contributed by atoms with van der Waals surface area (Å²) in [5.41, 5.74) is 0.196. The average Bonchev–Trinajstić information content (AvgIpc) is 3.26. The Labute approximate surface area is 224 Å². The molecule has 0 aliphatic carbocycles.